The van der Waals surface area contributed by atoms with E-state index in [0.29, 0.717) is 23.7 Å². The Morgan fingerprint density at radius 1 is 1.07 bits per heavy atom. The molecule has 29 heavy (non-hydrogen) atoms. The zero-order valence-electron chi connectivity index (χ0n) is 16.8. The van der Waals surface area contributed by atoms with Gasteiger partial charge in [-0.05, 0) is 44.0 Å². The van der Waals surface area contributed by atoms with Crippen LogP contribution in [0.2, 0.25) is 0 Å². The van der Waals surface area contributed by atoms with Crippen LogP contribution in [-0.2, 0) is 4.79 Å². The first-order chi connectivity index (χ1) is 14.2. The average Bonchev–Trinajstić information content (AvgIpc) is 3.03. The Morgan fingerprint density at radius 2 is 1.83 bits per heavy atom. The number of carbonyl (C=O) groups excluding carboxylic acids is 1. The molecule has 1 aliphatic heterocycles. The van der Waals surface area contributed by atoms with Gasteiger partial charge in [-0.1, -0.05) is 25.0 Å². The zero-order chi connectivity index (χ0) is 20.5. The number of nitrogens with one attached hydrogen (secondary N) is 1. The van der Waals surface area contributed by atoms with E-state index in [1.165, 1.54) is 25.7 Å². The van der Waals surface area contributed by atoms with Crippen LogP contribution in [0.4, 0.5) is 11.4 Å². The lowest BCUT2D eigenvalue weighted by Crippen LogP contribution is -2.27. The van der Waals surface area contributed by atoms with Crippen LogP contribution in [0, 0.1) is 11.3 Å². The van der Waals surface area contributed by atoms with Crippen molar-refractivity contribution in [3.63, 3.8) is 0 Å². The van der Waals surface area contributed by atoms with Crippen molar-refractivity contribution in [1.29, 1.82) is 5.26 Å². The van der Waals surface area contributed by atoms with E-state index < -0.39 is 0 Å². The van der Waals surface area contributed by atoms with Crippen molar-refractivity contribution in [2.24, 2.45) is 0 Å². The van der Waals surface area contributed by atoms with E-state index in [1.54, 1.807) is 18.2 Å². The average molecular weight is 393 g/mol. The topological polar surface area (TPSA) is 74.6 Å². The highest BCUT2D eigenvalue weighted by Gasteiger charge is 2.15. The Labute approximate surface area is 172 Å². The lowest BCUT2D eigenvalue weighted by Gasteiger charge is -2.25. The molecule has 2 aromatic rings. The van der Waals surface area contributed by atoms with Crippen molar-refractivity contribution in [1.82, 2.24) is 0 Å². The van der Waals surface area contributed by atoms with E-state index in [4.69, 9.17) is 14.7 Å². The van der Waals surface area contributed by atoms with Gasteiger partial charge in [0.25, 0.3) is 5.91 Å². The van der Waals surface area contributed by atoms with E-state index in [1.807, 2.05) is 25.1 Å². The smallest absolute Gasteiger partial charge is 0.262 e. The second-order valence-corrected chi connectivity index (χ2v) is 6.96. The summed E-state index contributed by atoms with van der Waals surface area (Å²) < 4.78 is 11.2. The van der Waals surface area contributed by atoms with Crippen molar-refractivity contribution in [2.45, 2.75) is 32.6 Å². The zero-order valence-corrected chi connectivity index (χ0v) is 16.8. The minimum Gasteiger partial charge on any atom is -0.490 e. The first kappa shape index (κ1) is 20.5. The molecule has 0 aliphatic carbocycles. The van der Waals surface area contributed by atoms with Gasteiger partial charge in [0.15, 0.2) is 18.1 Å². The third kappa shape index (κ3) is 5.64. The van der Waals surface area contributed by atoms with Crippen molar-refractivity contribution in [3.8, 4) is 17.6 Å². The van der Waals surface area contributed by atoms with Crippen LogP contribution in [0.15, 0.2) is 42.5 Å². The van der Waals surface area contributed by atoms with Crippen LogP contribution in [0.25, 0.3) is 0 Å². The Hall–Kier alpha value is -3.20. The molecule has 3 rings (SSSR count). The van der Waals surface area contributed by atoms with Crippen LogP contribution < -0.4 is 19.7 Å². The van der Waals surface area contributed by atoms with Gasteiger partial charge >= 0.3 is 0 Å². The fourth-order valence-electron chi connectivity index (χ4n) is 3.46. The van der Waals surface area contributed by atoms with Crippen molar-refractivity contribution >= 4 is 17.3 Å². The van der Waals surface area contributed by atoms with Crippen LogP contribution >= 0.6 is 0 Å². The largest absolute Gasteiger partial charge is 0.490 e. The Morgan fingerprint density at radius 3 is 2.55 bits per heavy atom. The van der Waals surface area contributed by atoms with Crippen molar-refractivity contribution in [3.05, 3.63) is 48.0 Å². The highest BCUT2D eigenvalue weighted by molar-refractivity contribution is 5.95. The molecule has 1 fully saturated rings. The number of nitriles is 1. The molecule has 0 bridgehead atoms. The van der Waals surface area contributed by atoms with E-state index in [9.17, 15) is 4.79 Å². The number of amides is 1. The number of carbonyl (C=O) groups is 1. The minimum atomic E-state index is -0.237. The number of rotatable bonds is 7. The summed E-state index contributed by atoms with van der Waals surface area (Å²) in [6.45, 7) is 4.18. The number of ether oxygens (including phenoxy) is 2. The van der Waals surface area contributed by atoms with Crippen LogP contribution in [-0.4, -0.2) is 32.2 Å². The van der Waals surface area contributed by atoms with Crippen LogP contribution in [0.1, 0.15) is 38.2 Å². The van der Waals surface area contributed by atoms with E-state index in [-0.39, 0.29) is 12.5 Å². The number of benzene rings is 2. The monoisotopic (exact) mass is 393 g/mol. The van der Waals surface area contributed by atoms with Gasteiger partial charge in [-0.3, -0.25) is 4.79 Å². The molecule has 6 nitrogen and oxygen atoms in total. The summed E-state index contributed by atoms with van der Waals surface area (Å²) in [5.41, 5.74) is 2.33. The maximum absolute atomic E-state index is 12.5. The number of nitrogens with zero attached hydrogens (tertiary/aromatic N) is 2. The summed E-state index contributed by atoms with van der Waals surface area (Å²) in [6, 6.07) is 14.9. The van der Waals surface area contributed by atoms with Gasteiger partial charge in [0.2, 0.25) is 0 Å². The number of anilines is 2. The van der Waals surface area contributed by atoms with Crippen molar-refractivity contribution in [2.75, 3.05) is 36.5 Å². The maximum atomic E-state index is 12.5. The van der Waals surface area contributed by atoms with Gasteiger partial charge in [0.1, 0.15) is 0 Å². The fourth-order valence-corrected chi connectivity index (χ4v) is 3.46. The van der Waals surface area contributed by atoms with Gasteiger partial charge in [0, 0.05) is 19.2 Å². The summed E-state index contributed by atoms with van der Waals surface area (Å²) in [5, 5.41) is 12.0. The van der Waals surface area contributed by atoms with Crippen molar-refractivity contribution < 1.29 is 14.3 Å². The molecule has 0 saturated carbocycles. The molecule has 2 aromatic carbocycles. The fraction of sp³-hybridized carbons (Fsp3) is 0.391. The van der Waals surface area contributed by atoms with Gasteiger partial charge in [-0.15, -0.1) is 0 Å². The molecular weight excluding hydrogens is 366 g/mol. The normalized spacial score (nSPS) is 13.9. The third-order valence-corrected chi connectivity index (χ3v) is 4.86. The van der Waals surface area contributed by atoms with Crippen LogP contribution in [0.5, 0.6) is 11.5 Å². The second-order valence-electron chi connectivity index (χ2n) is 6.96. The van der Waals surface area contributed by atoms with Gasteiger partial charge in [0.05, 0.1) is 29.6 Å². The Kier molecular flexibility index (Phi) is 7.34. The number of para-hydroxylation sites is 2. The first-order valence-electron chi connectivity index (χ1n) is 10.1. The standard InChI is InChI=1S/C23H27N3O3/c1-2-28-22-15-18(16-24)11-12-21(22)29-17-23(27)25-19-9-5-6-10-20(19)26-13-7-3-4-8-14-26/h5-6,9-12,15H,2-4,7-8,13-14,17H2,1H3,(H,25,27). The predicted octanol–water partition coefficient (Wildman–Crippen LogP) is 4.35. The summed E-state index contributed by atoms with van der Waals surface area (Å²) >= 11 is 0. The van der Waals surface area contributed by atoms with Gasteiger partial charge in [-0.25, -0.2) is 0 Å². The van der Waals surface area contributed by atoms with E-state index >= 15 is 0 Å². The molecule has 1 saturated heterocycles. The number of hydrogen-bond acceptors (Lipinski definition) is 5. The molecule has 6 heteroatoms. The molecular formula is C23H27N3O3. The lowest BCUT2D eigenvalue weighted by molar-refractivity contribution is -0.118. The summed E-state index contributed by atoms with van der Waals surface area (Å²) in [7, 11) is 0. The summed E-state index contributed by atoms with van der Waals surface area (Å²) in [6.07, 6.45) is 4.85. The second kappa shape index (κ2) is 10.4. The molecule has 1 N–H and O–H groups in total. The molecule has 1 heterocycles. The lowest BCUT2D eigenvalue weighted by atomic mass is 10.2. The molecule has 0 unspecified atom stereocenters. The Bertz CT molecular complexity index is 868. The molecule has 1 amide bonds. The highest BCUT2D eigenvalue weighted by Crippen LogP contribution is 2.29. The molecule has 0 radical (unpaired) electrons. The summed E-state index contributed by atoms with van der Waals surface area (Å²) in [4.78, 5) is 14.9. The SMILES string of the molecule is CCOc1cc(C#N)ccc1OCC(=O)Nc1ccccc1N1CCCCCC1. The quantitative estimate of drug-likeness (QED) is 0.757. The predicted molar refractivity (Wildman–Crippen MR) is 114 cm³/mol. The Balaban J connectivity index is 1.65. The molecule has 152 valence electrons. The molecule has 0 spiro atoms. The maximum Gasteiger partial charge on any atom is 0.262 e. The molecule has 0 aromatic heterocycles. The molecule has 0 atom stereocenters. The van der Waals surface area contributed by atoms with Gasteiger partial charge < -0.3 is 19.7 Å². The van der Waals surface area contributed by atoms with E-state index in [0.717, 1.165) is 24.5 Å². The molecule has 1 aliphatic rings. The van der Waals surface area contributed by atoms with Gasteiger partial charge in [-0.2, -0.15) is 5.26 Å². The number of hydrogen-bond donors (Lipinski definition) is 1. The first-order valence-corrected chi connectivity index (χ1v) is 10.1. The van der Waals surface area contributed by atoms with E-state index in [2.05, 4.69) is 22.4 Å². The summed E-state index contributed by atoms with van der Waals surface area (Å²) in [5.74, 6) is 0.671. The third-order valence-electron chi connectivity index (χ3n) is 4.86. The highest BCUT2D eigenvalue weighted by atomic mass is 16.5. The minimum absolute atomic E-state index is 0.139. The van der Waals surface area contributed by atoms with Crippen LogP contribution in [0.3, 0.4) is 0 Å².